The lowest BCUT2D eigenvalue weighted by atomic mass is 10.2. The van der Waals surface area contributed by atoms with Crippen LogP contribution in [0, 0.1) is 0 Å². The first-order chi connectivity index (χ1) is 10.7. The Balaban J connectivity index is 2.07. The van der Waals surface area contributed by atoms with Crippen molar-refractivity contribution in [1.82, 2.24) is 0 Å². The van der Waals surface area contributed by atoms with Gasteiger partial charge in [0, 0.05) is 45.6 Å². The molecule has 0 radical (unpaired) electrons. The van der Waals surface area contributed by atoms with Crippen LogP contribution in [0.5, 0.6) is 0 Å². The zero-order chi connectivity index (χ0) is 15.8. The van der Waals surface area contributed by atoms with Crippen molar-refractivity contribution in [2.45, 2.75) is 25.5 Å². The number of rotatable bonds is 6. The first-order valence-corrected chi connectivity index (χ1v) is 9.82. The predicted molar refractivity (Wildman–Crippen MR) is 89.2 cm³/mol. The third-order valence-electron chi connectivity index (χ3n) is 3.97. The van der Waals surface area contributed by atoms with E-state index in [2.05, 4.69) is 36.1 Å². The molecule has 1 saturated heterocycles. The summed E-state index contributed by atoms with van der Waals surface area (Å²) < 4.78 is 23.2. The Morgan fingerprint density at radius 3 is 2.59 bits per heavy atom. The molecule has 2 rings (SSSR count). The Morgan fingerprint density at radius 1 is 1.23 bits per heavy atom. The van der Waals surface area contributed by atoms with Gasteiger partial charge in [0.25, 0.3) is 0 Å². The molecule has 1 aromatic carbocycles. The van der Waals surface area contributed by atoms with Crippen LogP contribution >= 0.6 is 0 Å². The molecule has 5 nitrogen and oxygen atoms in total. The van der Waals surface area contributed by atoms with Gasteiger partial charge in [-0.3, -0.25) is 0 Å². The van der Waals surface area contributed by atoms with Crippen molar-refractivity contribution in [3.8, 4) is 0 Å². The van der Waals surface area contributed by atoms with Gasteiger partial charge in [-0.1, -0.05) is 18.2 Å². The van der Waals surface area contributed by atoms with E-state index >= 15 is 0 Å². The summed E-state index contributed by atoms with van der Waals surface area (Å²) in [6.07, 6.45) is 0.864. The summed E-state index contributed by atoms with van der Waals surface area (Å²) in [5, 5.41) is 0. The SMILES string of the molecule is CCN(CC1COCCC[Si](OC)(OC)O1)c1ccccc1. The Hall–Kier alpha value is -0.923. The molecule has 0 spiro atoms. The van der Waals surface area contributed by atoms with Crippen molar-refractivity contribution in [2.75, 3.05) is 45.4 Å². The molecule has 124 valence electrons. The van der Waals surface area contributed by atoms with Crippen LogP contribution in [0.15, 0.2) is 30.3 Å². The Labute approximate surface area is 134 Å². The van der Waals surface area contributed by atoms with E-state index in [1.807, 2.05) is 6.07 Å². The second-order valence-corrected chi connectivity index (χ2v) is 8.30. The van der Waals surface area contributed by atoms with Gasteiger partial charge in [0.05, 0.1) is 12.7 Å². The number of likely N-dealkylation sites (N-methyl/N-ethyl adjacent to an activating group) is 1. The summed E-state index contributed by atoms with van der Waals surface area (Å²) in [5.41, 5.74) is 1.19. The van der Waals surface area contributed by atoms with Gasteiger partial charge in [-0.15, -0.1) is 0 Å². The van der Waals surface area contributed by atoms with Crippen LogP contribution in [-0.4, -0.2) is 55.4 Å². The number of hydrogen-bond donors (Lipinski definition) is 0. The van der Waals surface area contributed by atoms with Gasteiger partial charge >= 0.3 is 8.80 Å². The van der Waals surface area contributed by atoms with Crippen LogP contribution < -0.4 is 4.90 Å². The fourth-order valence-corrected chi connectivity index (χ4v) is 4.84. The molecule has 1 atom stereocenters. The van der Waals surface area contributed by atoms with E-state index in [0.29, 0.717) is 6.61 Å². The van der Waals surface area contributed by atoms with Crippen LogP contribution in [0.4, 0.5) is 5.69 Å². The second kappa shape index (κ2) is 8.64. The highest BCUT2D eigenvalue weighted by atomic mass is 28.4. The van der Waals surface area contributed by atoms with E-state index in [9.17, 15) is 0 Å². The number of para-hydroxylation sites is 1. The molecule has 22 heavy (non-hydrogen) atoms. The first kappa shape index (κ1) is 17.4. The average molecular weight is 325 g/mol. The molecule has 0 amide bonds. The highest BCUT2D eigenvalue weighted by Crippen LogP contribution is 2.22. The van der Waals surface area contributed by atoms with Crippen molar-refractivity contribution in [1.29, 1.82) is 0 Å². The second-order valence-electron chi connectivity index (χ2n) is 5.38. The maximum Gasteiger partial charge on any atom is 0.500 e. The van der Waals surface area contributed by atoms with Crippen LogP contribution in [0.25, 0.3) is 0 Å². The molecular weight excluding hydrogens is 298 g/mol. The molecule has 1 aliphatic rings. The van der Waals surface area contributed by atoms with Crippen molar-refractivity contribution in [3.63, 3.8) is 0 Å². The Bertz CT molecular complexity index is 427. The van der Waals surface area contributed by atoms with Crippen molar-refractivity contribution >= 4 is 14.5 Å². The van der Waals surface area contributed by atoms with Gasteiger partial charge in [0.2, 0.25) is 0 Å². The molecule has 0 bridgehead atoms. The monoisotopic (exact) mass is 325 g/mol. The molecule has 1 aliphatic heterocycles. The molecule has 1 fully saturated rings. The van der Waals surface area contributed by atoms with E-state index < -0.39 is 8.80 Å². The third kappa shape index (κ3) is 4.53. The third-order valence-corrected chi connectivity index (χ3v) is 6.87. The molecule has 1 heterocycles. The Kier molecular flexibility index (Phi) is 6.85. The van der Waals surface area contributed by atoms with Crippen molar-refractivity contribution in [2.24, 2.45) is 0 Å². The zero-order valence-corrected chi connectivity index (χ0v) is 14.8. The molecular formula is C16H27NO4Si. The van der Waals surface area contributed by atoms with Gasteiger partial charge in [0.1, 0.15) is 0 Å². The smallest absolute Gasteiger partial charge is 0.379 e. The minimum atomic E-state index is -2.56. The molecule has 1 unspecified atom stereocenters. The molecule has 6 heteroatoms. The lowest BCUT2D eigenvalue weighted by Crippen LogP contribution is -2.51. The number of ether oxygens (including phenoxy) is 1. The van der Waals surface area contributed by atoms with E-state index in [-0.39, 0.29) is 6.10 Å². The summed E-state index contributed by atoms with van der Waals surface area (Å²) in [6, 6.07) is 11.2. The highest BCUT2D eigenvalue weighted by molar-refractivity contribution is 6.60. The lowest BCUT2D eigenvalue weighted by molar-refractivity contribution is -0.0112. The summed E-state index contributed by atoms with van der Waals surface area (Å²) in [5.74, 6) is 0. The minimum Gasteiger partial charge on any atom is -0.379 e. The van der Waals surface area contributed by atoms with E-state index in [1.54, 1.807) is 14.2 Å². The van der Waals surface area contributed by atoms with E-state index in [0.717, 1.165) is 32.2 Å². The van der Waals surface area contributed by atoms with Gasteiger partial charge in [-0.2, -0.15) is 0 Å². The largest absolute Gasteiger partial charge is 0.500 e. The molecule has 1 aromatic rings. The Morgan fingerprint density at radius 2 is 1.95 bits per heavy atom. The zero-order valence-electron chi connectivity index (χ0n) is 13.8. The number of nitrogens with zero attached hydrogens (tertiary/aromatic N) is 1. The highest BCUT2D eigenvalue weighted by Gasteiger charge is 2.42. The summed E-state index contributed by atoms with van der Waals surface area (Å²) in [4.78, 5) is 2.29. The van der Waals surface area contributed by atoms with Crippen molar-refractivity contribution in [3.05, 3.63) is 30.3 Å². The summed E-state index contributed by atoms with van der Waals surface area (Å²) >= 11 is 0. The van der Waals surface area contributed by atoms with Crippen LogP contribution in [0.2, 0.25) is 6.04 Å². The normalized spacial score (nSPS) is 21.9. The summed E-state index contributed by atoms with van der Waals surface area (Å²) in [7, 11) is 0.806. The number of benzene rings is 1. The minimum absolute atomic E-state index is 0.0491. The van der Waals surface area contributed by atoms with Gasteiger partial charge in [-0.25, -0.2) is 0 Å². The van der Waals surface area contributed by atoms with Gasteiger partial charge in [-0.05, 0) is 25.5 Å². The molecule has 0 aliphatic carbocycles. The first-order valence-electron chi connectivity index (χ1n) is 7.89. The molecule has 0 aromatic heterocycles. The van der Waals surface area contributed by atoms with E-state index in [1.165, 1.54) is 5.69 Å². The average Bonchev–Trinajstić information content (AvgIpc) is 2.55. The fourth-order valence-electron chi connectivity index (χ4n) is 2.73. The lowest BCUT2D eigenvalue weighted by Gasteiger charge is -2.35. The van der Waals surface area contributed by atoms with Gasteiger partial charge in [0.15, 0.2) is 0 Å². The topological polar surface area (TPSA) is 40.2 Å². The summed E-state index contributed by atoms with van der Waals surface area (Å²) in [6.45, 7) is 5.14. The number of anilines is 1. The fraction of sp³-hybridized carbons (Fsp3) is 0.625. The molecule has 0 saturated carbocycles. The maximum atomic E-state index is 6.26. The van der Waals surface area contributed by atoms with Crippen molar-refractivity contribution < 1.29 is 18.0 Å². The predicted octanol–water partition coefficient (Wildman–Crippen LogP) is 2.55. The molecule has 0 N–H and O–H groups in total. The standard InChI is InChI=1S/C16H27NO4Si/c1-4-17(15-9-6-5-7-10-15)13-16-14-20-11-8-12-22(18-2,19-3)21-16/h5-7,9-10,16H,4,8,11-14H2,1-3H3. The van der Waals surface area contributed by atoms with E-state index in [4.69, 9.17) is 18.0 Å². The maximum absolute atomic E-state index is 6.26. The van der Waals surface area contributed by atoms with Gasteiger partial charge < -0.3 is 22.9 Å². The van der Waals surface area contributed by atoms with Crippen LogP contribution in [0.1, 0.15) is 13.3 Å². The quantitative estimate of drug-likeness (QED) is 0.752. The number of hydrogen-bond acceptors (Lipinski definition) is 5. The van der Waals surface area contributed by atoms with Crippen LogP contribution in [0.3, 0.4) is 0 Å². The van der Waals surface area contributed by atoms with Crippen LogP contribution in [-0.2, 0) is 18.0 Å².